The van der Waals surface area contributed by atoms with E-state index < -0.39 is 6.10 Å². The van der Waals surface area contributed by atoms with Gasteiger partial charge in [0.2, 0.25) is 5.91 Å². The highest BCUT2D eigenvalue weighted by Crippen LogP contribution is 2.33. The molecular weight excluding hydrogens is 542 g/mol. The first-order valence-corrected chi connectivity index (χ1v) is 16.5. The highest BCUT2D eigenvalue weighted by atomic mass is 16.6. The molecule has 43 heavy (non-hydrogen) atoms. The second kappa shape index (κ2) is 17.1. The van der Waals surface area contributed by atoms with Crippen molar-refractivity contribution in [1.82, 2.24) is 4.90 Å². The summed E-state index contributed by atoms with van der Waals surface area (Å²) in [6.45, 7) is 10.9. The van der Waals surface area contributed by atoms with Gasteiger partial charge in [0.1, 0.15) is 6.10 Å². The second-order valence-corrected chi connectivity index (χ2v) is 12.9. The zero-order chi connectivity index (χ0) is 30.6. The van der Waals surface area contributed by atoms with Crippen LogP contribution in [0.1, 0.15) is 85.5 Å². The number of amides is 1. The molecular formula is C36H53NO6. The molecule has 0 aromatic carbocycles. The topological polar surface area (TPSA) is 74.3 Å². The number of hydrogen-bond acceptors (Lipinski definition) is 6. The first-order valence-electron chi connectivity index (χ1n) is 16.5. The maximum Gasteiger partial charge on any atom is 0.309 e. The van der Waals surface area contributed by atoms with Gasteiger partial charge in [-0.2, -0.15) is 0 Å². The molecule has 0 N–H and O–H groups in total. The van der Waals surface area contributed by atoms with E-state index in [1.54, 1.807) is 0 Å². The lowest BCUT2D eigenvalue weighted by Crippen LogP contribution is -2.40. The molecule has 7 atom stereocenters. The second-order valence-electron chi connectivity index (χ2n) is 12.9. The molecule has 0 radical (unpaired) electrons. The van der Waals surface area contributed by atoms with Crippen molar-refractivity contribution in [3.05, 3.63) is 59.8 Å². The smallest absolute Gasteiger partial charge is 0.309 e. The molecule has 3 saturated heterocycles. The van der Waals surface area contributed by atoms with Crippen molar-refractivity contribution in [2.45, 2.75) is 116 Å². The number of cyclic esters (lactones) is 1. The molecule has 3 fully saturated rings. The van der Waals surface area contributed by atoms with E-state index in [4.69, 9.17) is 18.9 Å². The minimum absolute atomic E-state index is 0.0125. The van der Waals surface area contributed by atoms with Crippen molar-refractivity contribution >= 4 is 11.9 Å². The summed E-state index contributed by atoms with van der Waals surface area (Å²) in [6.07, 6.45) is 23.9. The number of allylic oxidation sites excluding steroid dienone is 6. The normalized spacial score (nSPS) is 35.3. The van der Waals surface area contributed by atoms with E-state index in [-0.39, 0.29) is 48.6 Å². The average molecular weight is 596 g/mol. The Labute approximate surface area is 259 Å². The van der Waals surface area contributed by atoms with E-state index in [2.05, 4.69) is 39.0 Å². The monoisotopic (exact) mass is 595 g/mol. The molecule has 4 bridgehead atoms. The summed E-state index contributed by atoms with van der Waals surface area (Å²) >= 11 is 0. The highest BCUT2D eigenvalue weighted by molar-refractivity contribution is 5.78. The van der Waals surface area contributed by atoms with Crippen LogP contribution >= 0.6 is 0 Å². The van der Waals surface area contributed by atoms with Gasteiger partial charge in [-0.25, -0.2) is 0 Å². The minimum Gasteiger partial charge on any atom is -0.457 e. The van der Waals surface area contributed by atoms with Crippen LogP contribution in [0.2, 0.25) is 0 Å². The summed E-state index contributed by atoms with van der Waals surface area (Å²) < 4.78 is 24.4. The van der Waals surface area contributed by atoms with Crippen LogP contribution in [-0.2, 0) is 28.5 Å². The highest BCUT2D eigenvalue weighted by Gasteiger charge is 2.32. The Morgan fingerprint density at radius 3 is 2.42 bits per heavy atom. The fourth-order valence-electron chi connectivity index (χ4n) is 6.51. The Morgan fingerprint density at radius 2 is 1.65 bits per heavy atom. The lowest BCUT2D eigenvalue weighted by Gasteiger charge is -2.37. The van der Waals surface area contributed by atoms with Crippen molar-refractivity contribution in [3.8, 4) is 0 Å². The predicted octanol–water partition coefficient (Wildman–Crippen LogP) is 6.65. The van der Waals surface area contributed by atoms with E-state index in [1.165, 1.54) is 12.0 Å². The number of esters is 1. The Kier molecular flexibility index (Phi) is 13.3. The Hall–Kier alpha value is -2.48. The summed E-state index contributed by atoms with van der Waals surface area (Å²) in [5.74, 6) is 0.293. The summed E-state index contributed by atoms with van der Waals surface area (Å²) in [6, 6.07) is 0. The number of fused-ring (bicyclic) bond motifs is 4. The van der Waals surface area contributed by atoms with Crippen molar-refractivity contribution in [1.29, 1.82) is 0 Å². The van der Waals surface area contributed by atoms with E-state index in [1.807, 2.05) is 42.2 Å². The number of carbonyl (C=O) groups is 2. The summed E-state index contributed by atoms with van der Waals surface area (Å²) in [4.78, 5) is 27.6. The van der Waals surface area contributed by atoms with Gasteiger partial charge < -0.3 is 23.8 Å². The van der Waals surface area contributed by atoms with Gasteiger partial charge in [0.25, 0.3) is 0 Å². The quantitative estimate of drug-likeness (QED) is 0.201. The number of hydrogen-bond donors (Lipinski definition) is 0. The van der Waals surface area contributed by atoms with Crippen LogP contribution in [0.25, 0.3) is 0 Å². The van der Waals surface area contributed by atoms with Gasteiger partial charge in [-0.3, -0.25) is 9.59 Å². The number of rotatable bonds is 5. The molecule has 7 heteroatoms. The first kappa shape index (κ1) is 33.4. The fraction of sp³-hybridized carbons (Fsp3) is 0.667. The summed E-state index contributed by atoms with van der Waals surface area (Å²) in [7, 11) is 0. The predicted molar refractivity (Wildman–Crippen MR) is 169 cm³/mol. The zero-order valence-corrected chi connectivity index (χ0v) is 26.7. The molecule has 7 nitrogen and oxygen atoms in total. The zero-order valence-electron chi connectivity index (χ0n) is 26.7. The van der Waals surface area contributed by atoms with Crippen LogP contribution in [0.5, 0.6) is 0 Å². The van der Waals surface area contributed by atoms with E-state index in [0.29, 0.717) is 38.6 Å². The average Bonchev–Trinajstić information content (AvgIpc) is 2.99. The molecule has 0 spiro atoms. The van der Waals surface area contributed by atoms with Crippen LogP contribution in [0, 0.1) is 11.8 Å². The van der Waals surface area contributed by atoms with Crippen LogP contribution < -0.4 is 0 Å². The molecule has 4 heterocycles. The van der Waals surface area contributed by atoms with Gasteiger partial charge >= 0.3 is 5.97 Å². The van der Waals surface area contributed by atoms with E-state index in [0.717, 1.165) is 44.1 Å². The maximum atomic E-state index is 13.2. The van der Waals surface area contributed by atoms with E-state index >= 15 is 0 Å². The largest absolute Gasteiger partial charge is 0.457 e. The molecule has 0 aliphatic carbocycles. The lowest BCUT2D eigenvalue weighted by atomic mass is 9.90. The van der Waals surface area contributed by atoms with Gasteiger partial charge in [-0.15, -0.1) is 0 Å². The SMILES string of the molecule is C/C=C1\CC2CC(=O)OC(/C=C/C=C\C=C(/C)CC(=O)N3CCOCC3)C(C)/C=C/C(C)CC3CCCC(CC(C1)O2)O3. The van der Waals surface area contributed by atoms with Crippen molar-refractivity contribution < 1.29 is 28.5 Å². The molecule has 7 unspecified atom stereocenters. The molecule has 0 saturated carbocycles. The van der Waals surface area contributed by atoms with Gasteiger partial charge in [-0.1, -0.05) is 67.5 Å². The number of morpholine rings is 1. The van der Waals surface area contributed by atoms with Crippen LogP contribution in [0.3, 0.4) is 0 Å². The molecule has 1 amide bonds. The fourth-order valence-corrected chi connectivity index (χ4v) is 6.51. The van der Waals surface area contributed by atoms with Gasteiger partial charge in [0, 0.05) is 31.8 Å². The maximum absolute atomic E-state index is 13.2. The van der Waals surface area contributed by atoms with Crippen molar-refractivity contribution in [2.75, 3.05) is 26.3 Å². The summed E-state index contributed by atoms with van der Waals surface area (Å²) in [5.41, 5.74) is 2.35. The Morgan fingerprint density at radius 1 is 0.930 bits per heavy atom. The third-order valence-corrected chi connectivity index (χ3v) is 8.99. The molecule has 4 aliphatic heterocycles. The van der Waals surface area contributed by atoms with E-state index in [9.17, 15) is 9.59 Å². The first-order chi connectivity index (χ1) is 20.8. The number of nitrogens with zero attached hydrogens (tertiary/aromatic N) is 1. The van der Waals surface area contributed by atoms with Gasteiger partial charge in [0.05, 0.1) is 44.1 Å². The van der Waals surface area contributed by atoms with Crippen LogP contribution in [0.15, 0.2) is 59.8 Å². The minimum atomic E-state index is -0.391. The Bertz CT molecular complexity index is 1070. The molecule has 0 aromatic rings. The van der Waals surface area contributed by atoms with Crippen LogP contribution in [-0.4, -0.2) is 73.6 Å². The van der Waals surface area contributed by atoms with Crippen molar-refractivity contribution in [3.63, 3.8) is 0 Å². The Balaban J connectivity index is 1.42. The standard InChI is InChI=1S/C36H53NO6/c1-5-29-22-32-24-31-12-9-11-30(41-31)20-27(3)14-15-28(4)34(43-36(39)25-33(23-29)42-32)13-8-6-7-10-26(2)21-35(38)37-16-18-40-19-17-37/h5-8,10,13-15,27-28,30-34H,9,11-12,16-25H2,1-4H3/b7-6-,13-8+,15-14+,26-10+,29-5-. The number of ether oxygens (including phenoxy) is 4. The van der Waals surface area contributed by atoms with Gasteiger partial charge in [0.15, 0.2) is 0 Å². The molecule has 238 valence electrons. The lowest BCUT2D eigenvalue weighted by molar-refractivity contribution is -0.154. The molecule has 4 rings (SSSR count). The van der Waals surface area contributed by atoms with Gasteiger partial charge in [-0.05, 0) is 64.4 Å². The molecule has 4 aliphatic rings. The number of carbonyl (C=O) groups excluding carboxylic acids is 2. The third kappa shape index (κ3) is 11.2. The van der Waals surface area contributed by atoms with Crippen molar-refractivity contribution in [2.24, 2.45) is 11.8 Å². The summed E-state index contributed by atoms with van der Waals surface area (Å²) in [5, 5.41) is 0. The molecule has 0 aromatic heterocycles. The van der Waals surface area contributed by atoms with Crippen LogP contribution in [0.4, 0.5) is 0 Å². The third-order valence-electron chi connectivity index (χ3n) is 8.99.